The zero-order chi connectivity index (χ0) is 26.3. The fourth-order valence-electron chi connectivity index (χ4n) is 3.94. The molecule has 0 aliphatic rings. The lowest BCUT2D eigenvalue weighted by atomic mass is 10.00. The number of carbonyl (C=O) groups is 1. The van der Waals surface area contributed by atoms with E-state index in [1.54, 1.807) is 26.1 Å². The summed E-state index contributed by atoms with van der Waals surface area (Å²) in [7, 11) is -4.14. The molecule has 0 bridgehead atoms. The van der Waals surface area contributed by atoms with Crippen molar-refractivity contribution in [2.24, 2.45) is 0 Å². The van der Waals surface area contributed by atoms with Crippen LogP contribution in [0.5, 0.6) is 0 Å². The summed E-state index contributed by atoms with van der Waals surface area (Å²) in [5.74, 6) is 0.559. The number of amides is 1. The SMILES string of the molecule is CCCCOC(=O)NS(=O)(=O)c1ccc(CCC)cc1-c1ccc(Cn2ccnc2C(C)(C)O)cc1. The number of hydrogen-bond acceptors (Lipinski definition) is 6. The molecule has 3 aromatic rings. The van der Waals surface area contributed by atoms with Gasteiger partial charge in [0.25, 0.3) is 10.0 Å². The lowest BCUT2D eigenvalue weighted by molar-refractivity contribution is 0.0652. The van der Waals surface area contributed by atoms with E-state index in [0.717, 1.165) is 30.4 Å². The maximum Gasteiger partial charge on any atom is 0.421 e. The molecule has 36 heavy (non-hydrogen) atoms. The first-order valence-electron chi connectivity index (χ1n) is 12.2. The molecule has 8 nitrogen and oxygen atoms in total. The van der Waals surface area contributed by atoms with Crippen molar-refractivity contribution < 1.29 is 23.1 Å². The number of aromatic nitrogens is 2. The van der Waals surface area contributed by atoms with Gasteiger partial charge in [0.1, 0.15) is 11.4 Å². The highest BCUT2D eigenvalue weighted by atomic mass is 32.2. The van der Waals surface area contributed by atoms with E-state index in [0.29, 0.717) is 29.9 Å². The second kappa shape index (κ2) is 11.7. The number of sulfonamides is 1. The third-order valence-electron chi connectivity index (χ3n) is 5.70. The Morgan fingerprint density at radius 1 is 1.08 bits per heavy atom. The molecule has 9 heteroatoms. The molecule has 2 N–H and O–H groups in total. The highest BCUT2D eigenvalue weighted by molar-refractivity contribution is 7.90. The molecular weight excluding hydrogens is 478 g/mol. The molecular formula is C27H35N3O5S. The number of nitrogens with one attached hydrogen (secondary N) is 1. The van der Waals surface area contributed by atoms with Crippen LogP contribution < -0.4 is 4.72 Å². The topological polar surface area (TPSA) is 111 Å². The number of aliphatic hydroxyl groups is 1. The molecule has 1 heterocycles. The van der Waals surface area contributed by atoms with Gasteiger partial charge in [0.15, 0.2) is 0 Å². The van der Waals surface area contributed by atoms with Gasteiger partial charge in [-0.15, -0.1) is 0 Å². The monoisotopic (exact) mass is 513 g/mol. The minimum absolute atomic E-state index is 0.0153. The Morgan fingerprint density at radius 3 is 2.42 bits per heavy atom. The zero-order valence-electron chi connectivity index (χ0n) is 21.3. The van der Waals surface area contributed by atoms with E-state index in [-0.39, 0.29) is 11.5 Å². The largest absolute Gasteiger partial charge is 0.449 e. The van der Waals surface area contributed by atoms with Crippen LogP contribution in [0.3, 0.4) is 0 Å². The summed E-state index contributed by atoms with van der Waals surface area (Å²) in [4.78, 5) is 16.4. The van der Waals surface area contributed by atoms with Crippen molar-refractivity contribution in [2.75, 3.05) is 6.61 Å². The lowest BCUT2D eigenvalue weighted by Gasteiger charge is -2.19. The van der Waals surface area contributed by atoms with E-state index < -0.39 is 21.7 Å². The molecule has 0 fully saturated rings. The summed E-state index contributed by atoms with van der Waals surface area (Å²) in [5, 5.41) is 10.3. The van der Waals surface area contributed by atoms with Crippen molar-refractivity contribution in [3.05, 3.63) is 71.8 Å². The summed E-state index contributed by atoms with van der Waals surface area (Å²) >= 11 is 0. The molecule has 3 rings (SSSR count). The van der Waals surface area contributed by atoms with E-state index >= 15 is 0 Å². The molecule has 0 saturated heterocycles. The molecule has 0 spiro atoms. The quantitative estimate of drug-likeness (QED) is 0.349. The second-order valence-electron chi connectivity index (χ2n) is 9.31. The van der Waals surface area contributed by atoms with Crippen molar-refractivity contribution in [1.29, 1.82) is 0 Å². The average Bonchev–Trinajstić information content (AvgIpc) is 3.28. The standard InChI is InChI=1S/C27H35N3O5S/c1-5-7-17-35-26(31)29-36(33,34)24-14-11-20(8-6-2)18-23(24)22-12-9-21(10-13-22)19-30-16-15-28-25(30)27(3,4)32/h9-16,18,32H,5-8,17,19H2,1-4H3,(H,29,31). The van der Waals surface area contributed by atoms with Crippen molar-refractivity contribution in [3.63, 3.8) is 0 Å². The summed E-state index contributed by atoms with van der Waals surface area (Å²) in [6.45, 7) is 8.06. The Labute approximate surface area is 213 Å². The van der Waals surface area contributed by atoms with Gasteiger partial charge >= 0.3 is 6.09 Å². The van der Waals surface area contributed by atoms with Gasteiger partial charge in [0.05, 0.1) is 11.5 Å². The Hall–Kier alpha value is -3.17. The maximum absolute atomic E-state index is 13.1. The highest BCUT2D eigenvalue weighted by Crippen LogP contribution is 2.30. The van der Waals surface area contributed by atoms with Gasteiger partial charge in [-0.3, -0.25) is 0 Å². The first-order valence-corrected chi connectivity index (χ1v) is 13.7. The molecule has 2 aromatic carbocycles. The Balaban J connectivity index is 1.91. The van der Waals surface area contributed by atoms with Crippen LogP contribution in [0, 0.1) is 0 Å². The van der Waals surface area contributed by atoms with Crippen LogP contribution in [0.15, 0.2) is 59.8 Å². The highest BCUT2D eigenvalue weighted by Gasteiger charge is 2.24. The van der Waals surface area contributed by atoms with E-state index in [1.807, 2.05) is 52.7 Å². The molecule has 0 aliphatic heterocycles. The van der Waals surface area contributed by atoms with E-state index in [4.69, 9.17) is 4.74 Å². The van der Waals surface area contributed by atoms with Crippen LogP contribution >= 0.6 is 0 Å². The van der Waals surface area contributed by atoms with Gasteiger partial charge < -0.3 is 14.4 Å². The number of aryl methyl sites for hydroxylation is 1. The summed E-state index contributed by atoms with van der Waals surface area (Å²) in [6, 6.07) is 12.7. The summed E-state index contributed by atoms with van der Waals surface area (Å²) in [6.07, 6.45) is 5.69. The third kappa shape index (κ3) is 6.95. The van der Waals surface area contributed by atoms with Crippen molar-refractivity contribution in [2.45, 2.75) is 70.4 Å². The van der Waals surface area contributed by atoms with Crippen molar-refractivity contribution >= 4 is 16.1 Å². The lowest BCUT2D eigenvalue weighted by Crippen LogP contribution is -2.31. The van der Waals surface area contributed by atoms with Gasteiger partial charge in [0, 0.05) is 24.5 Å². The van der Waals surface area contributed by atoms with E-state index in [1.165, 1.54) is 6.07 Å². The van der Waals surface area contributed by atoms with Crippen LogP contribution in [-0.2, 0) is 33.3 Å². The average molecular weight is 514 g/mol. The number of hydrogen-bond donors (Lipinski definition) is 2. The number of carbonyl (C=O) groups excluding carboxylic acids is 1. The van der Waals surface area contributed by atoms with Gasteiger partial charge in [0.2, 0.25) is 0 Å². The Kier molecular flexibility index (Phi) is 8.92. The van der Waals surface area contributed by atoms with Gasteiger partial charge in [-0.25, -0.2) is 22.9 Å². The van der Waals surface area contributed by atoms with Crippen LogP contribution in [-0.4, -0.2) is 35.8 Å². The summed E-state index contributed by atoms with van der Waals surface area (Å²) < 4.78 is 35.1. The summed E-state index contributed by atoms with van der Waals surface area (Å²) in [5.41, 5.74) is 2.13. The number of ether oxygens (including phenoxy) is 1. The smallest absolute Gasteiger partial charge is 0.421 e. The predicted octanol–water partition coefficient (Wildman–Crippen LogP) is 4.99. The fraction of sp³-hybridized carbons (Fsp3) is 0.407. The molecule has 0 radical (unpaired) electrons. The first kappa shape index (κ1) is 27.4. The van der Waals surface area contributed by atoms with Crippen LogP contribution in [0.2, 0.25) is 0 Å². The minimum atomic E-state index is -4.14. The first-order chi connectivity index (χ1) is 17.0. The molecule has 1 amide bonds. The van der Waals surface area contributed by atoms with Gasteiger partial charge in [-0.1, -0.05) is 57.0 Å². The molecule has 194 valence electrons. The molecule has 0 aliphatic carbocycles. The van der Waals surface area contributed by atoms with Crippen molar-refractivity contribution in [3.8, 4) is 11.1 Å². The minimum Gasteiger partial charge on any atom is -0.449 e. The van der Waals surface area contributed by atoms with Crippen LogP contribution in [0.1, 0.15) is 63.9 Å². The van der Waals surface area contributed by atoms with Gasteiger partial charge in [-0.2, -0.15) is 0 Å². The predicted molar refractivity (Wildman–Crippen MR) is 139 cm³/mol. The van der Waals surface area contributed by atoms with Crippen LogP contribution in [0.25, 0.3) is 11.1 Å². The molecule has 0 atom stereocenters. The molecule has 1 aromatic heterocycles. The Morgan fingerprint density at radius 2 is 1.78 bits per heavy atom. The fourth-order valence-corrected chi connectivity index (χ4v) is 5.04. The number of nitrogens with zero attached hydrogens (tertiary/aromatic N) is 2. The third-order valence-corrected chi connectivity index (χ3v) is 7.07. The van der Waals surface area contributed by atoms with E-state index in [9.17, 15) is 18.3 Å². The van der Waals surface area contributed by atoms with Gasteiger partial charge in [-0.05, 0) is 55.5 Å². The maximum atomic E-state index is 13.1. The van der Waals surface area contributed by atoms with Crippen molar-refractivity contribution in [1.82, 2.24) is 14.3 Å². The number of unbranched alkanes of at least 4 members (excludes halogenated alkanes) is 1. The Bertz CT molecular complexity index is 1280. The number of benzene rings is 2. The molecule has 0 unspecified atom stereocenters. The second-order valence-corrected chi connectivity index (χ2v) is 11.0. The number of rotatable bonds is 11. The van der Waals surface area contributed by atoms with E-state index in [2.05, 4.69) is 11.9 Å². The normalized spacial score (nSPS) is 11.9. The number of imidazole rings is 1. The molecule has 0 saturated carbocycles. The zero-order valence-corrected chi connectivity index (χ0v) is 22.1. The van der Waals surface area contributed by atoms with Crippen LogP contribution in [0.4, 0.5) is 4.79 Å².